The van der Waals surface area contributed by atoms with E-state index in [9.17, 15) is 9.59 Å². The molecule has 0 bridgehead atoms. The third-order valence-corrected chi connectivity index (χ3v) is 4.64. The zero-order valence-corrected chi connectivity index (χ0v) is 17.3. The van der Waals surface area contributed by atoms with Gasteiger partial charge in [0.15, 0.2) is 11.5 Å². The number of anilines is 1. The van der Waals surface area contributed by atoms with Crippen LogP contribution in [0.2, 0.25) is 5.02 Å². The van der Waals surface area contributed by atoms with E-state index >= 15 is 0 Å². The van der Waals surface area contributed by atoms with Gasteiger partial charge < -0.3 is 20.1 Å². The fourth-order valence-corrected chi connectivity index (χ4v) is 3.05. The molecule has 0 radical (unpaired) electrons. The Labute approximate surface area is 175 Å². The molecule has 0 unspecified atom stereocenters. The number of amides is 2. The Morgan fingerprint density at radius 1 is 1.10 bits per heavy atom. The van der Waals surface area contributed by atoms with E-state index < -0.39 is 0 Å². The molecule has 0 atom stereocenters. The van der Waals surface area contributed by atoms with Crippen LogP contribution in [0.5, 0.6) is 11.5 Å². The van der Waals surface area contributed by atoms with Gasteiger partial charge in [0.2, 0.25) is 0 Å². The normalized spacial score (nSPS) is 12.9. The molecule has 0 heterocycles. The molecule has 0 saturated heterocycles. The lowest BCUT2D eigenvalue weighted by atomic mass is 10.1. The van der Waals surface area contributed by atoms with Gasteiger partial charge in [-0.1, -0.05) is 30.7 Å². The van der Waals surface area contributed by atoms with Crippen molar-refractivity contribution in [2.45, 2.75) is 39.2 Å². The molecule has 1 aliphatic rings. The van der Waals surface area contributed by atoms with Gasteiger partial charge in [-0.3, -0.25) is 9.59 Å². The van der Waals surface area contributed by atoms with E-state index in [1.807, 2.05) is 13.8 Å². The van der Waals surface area contributed by atoms with Crippen LogP contribution in [0.15, 0.2) is 36.4 Å². The summed E-state index contributed by atoms with van der Waals surface area (Å²) in [5.41, 5.74) is 1.18. The van der Waals surface area contributed by atoms with Gasteiger partial charge in [-0.2, -0.15) is 0 Å². The average Bonchev–Trinajstić information content (AvgIpc) is 3.51. The van der Waals surface area contributed by atoms with Crippen LogP contribution in [0, 0.1) is 0 Å². The number of hydrogen-bond donors (Lipinski definition) is 2. The Balaban J connectivity index is 1.83. The molecule has 0 aliphatic heterocycles. The highest BCUT2D eigenvalue weighted by Crippen LogP contribution is 2.37. The van der Waals surface area contributed by atoms with E-state index in [-0.39, 0.29) is 17.9 Å². The Kier molecular flexibility index (Phi) is 6.99. The number of benzene rings is 2. The minimum Gasteiger partial charge on any atom is -0.490 e. The molecule has 7 heteroatoms. The van der Waals surface area contributed by atoms with Gasteiger partial charge in [0, 0.05) is 11.6 Å². The summed E-state index contributed by atoms with van der Waals surface area (Å²) < 4.78 is 11.3. The highest BCUT2D eigenvalue weighted by Gasteiger charge is 2.25. The second-order valence-electron chi connectivity index (χ2n) is 6.81. The summed E-state index contributed by atoms with van der Waals surface area (Å²) in [6.07, 6.45) is 2.81. The number of para-hydroxylation sites is 1. The standard InChI is InChI=1S/C22H25ClN2O4/c1-3-11-29-20-17(23)12-14(13-19(20)28-4-2)21(26)25-18-8-6-5-7-16(18)22(27)24-15-9-10-15/h5-8,12-13,15H,3-4,9-11H2,1-2H3,(H,24,27)(H,25,26). The van der Waals surface area contributed by atoms with Gasteiger partial charge in [0.1, 0.15) is 0 Å². The van der Waals surface area contributed by atoms with Gasteiger partial charge in [-0.25, -0.2) is 0 Å². The molecule has 1 fully saturated rings. The van der Waals surface area contributed by atoms with Gasteiger partial charge in [-0.15, -0.1) is 0 Å². The molecular weight excluding hydrogens is 392 g/mol. The van der Waals surface area contributed by atoms with Crippen molar-refractivity contribution in [2.75, 3.05) is 18.5 Å². The second-order valence-corrected chi connectivity index (χ2v) is 7.22. The van der Waals surface area contributed by atoms with Crippen LogP contribution in [0.3, 0.4) is 0 Å². The van der Waals surface area contributed by atoms with Crippen molar-refractivity contribution in [3.05, 3.63) is 52.5 Å². The number of rotatable bonds is 9. The van der Waals surface area contributed by atoms with E-state index in [1.165, 1.54) is 6.07 Å². The predicted octanol–water partition coefficient (Wildman–Crippen LogP) is 4.67. The molecule has 2 aromatic rings. The third kappa shape index (κ3) is 5.41. The Morgan fingerprint density at radius 3 is 2.55 bits per heavy atom. The highest BCUT2D eigenvalue weighted by atomic mass is 35.5. The third-order valence-electron chi connectivity index (χ3n) is 4.35. The van der Waals surface area contributed by atoms with E-state index in [2.05, 4.69) is 10.6 Å². The maximum atomic E-state index is 12.9. The molecule has 6 nitrogen and oxygen atoms in total. The van der Waals surface area contributed by atoms with E-state index in [0.717, 1.165) is 19.3 Å². The molecule has 154 valence electrons. The molecule has 2 aromatic carbocycles. The minimum atomic E-state index is -0.387. The SMILES string of the molecule is CCCOc1c(Cl)cc(C(=O)Nc2ccccc2C(=O)NC2CC2)cc1OCC. The van der Waals surface area contributed by atoms with Crippen LogP contribution in [0.25, 0.3) is 0 Å². The van der Waals surface area contributed by atoms with E-state index in [4.69, 9.17) is 21.1 Å². The molecular formula is C22H25ClN2O4. The van der Waals surface area contributed by atoms with Gasteiger partial charge in [0.05, 0.1) is 29.5 Å². The molecule has 29 heavy (non-hydrogen) atoms. The Hall–Kier alpha value is -2.73. The van der Waals surface area contributed by atoms with Gasteiger partial charge in [0.25, 0.3) is 11.8 Å². The van der Waals surface area contributed by atoms with Crippen molar-refractivity contribution >= 4 is 29.1 Å². The molecule has 0 aromatic heterocycles. The number of ether oxygens (including phenoxy) is 2. The Morgan fingerprint density at radius 2 is 1.86 bits per heavy atom. The summed E-state index contributed by atoms with van der Waals surface area (Å²) in [5.74, 6) is 0.260. The van der Waals surface area contributed by atoms with Crippen molar-refractivity contribution in [2.24, 2.45) is 0 Å². The summed E-state index contributed by atoms with van der Waals surface area (Å²) in [7, 11) is 0. The van der Waals surface area contributed by atoms with E-state index in [1.54, 1.807) is 30.3 Å². The molecule has 2 N–H and O–H groups in total. The fourth-order valence-electron chi connectivity index (χ4n) is 2.78. The Bertz CT molecular complexity index is 896. The molecule has 0 spiro atoms. The maximum Gasteiger partial charge on any atom is 0.255 e. The lowest BCUT2D eigenvalue weighted by Crippen LogP contribution is -2.27. The predicted molar refractivity (Wildman–Crippen MR) is 113 cm³/mol. The first kappa shape index (κ1) is 21.0. The second kappa shape index (κ2) is 9.65. The van der Waals surface area contributed by atoms with Crippen molar-refractivity contribution in [3.8, 4) is 11.5 Å². The van der Waals surface area contributed by atoms with Gasteiger partial charge in [-0.05, 0) is 50.5 Å². The summed E-state index contributed by atoms with van der Waals surface area (Å²) in [6.45, 7) is 4.74. The topological polar surface area (TPSA) is 76.7 Å². The fraction of sp³-hybridized carbons (Fsp3) is 0.364. The van der Waals surface area contributed by atoms with Crippen LogP contribution in [0.4, 0.5) is 5.69 Å². The zero-order chi connectivity index (χ0) is 20.8. The monoisotopic (exact) mass is 416 g/mol. The zero-order valence-electron chi connectivity index (χ0n) is 16.6. The first-order chi connectivity index (χ1) is 14.0. The van der Waals surface area contributed by atoms with Crippen LogP contribution in [0.1, 0.15) is 53.8 Å². The largest absolute Gasteiger partial charge is 0.490 e. The molecule has 1 saturated carbocycles. The van der Waals surface area contributed by atoms with Gasteiger partial charge >= 0.3 is 0 Å². The lowest BCUT2D eigenvalue weighted by Gasteiger charge is -2.15. The number of hydrogen-bond acceptors (Lipinski definition) is 4. The summed E-state index contributed by atoms with van der Waals surface area (Å²) in [6, 6.07) is 10.3. The summed E-state index contributed by atoms with van der Waals surface area (Å²) >= 11 is 6.35. The number of nitrogens with one attached hydrogen (secondary N) is 2. The highest BCUT2D eigenvalue weighted by molar-refractivity contribution is 6.32. The minimum absolute atomic E-state index is 0.195. The lowest BCUT2D eigenvalue weighted by molar-refractivity contribution is 0.0952. The van der Waals surface area contributed by atoms with Crippen LogP contribution < -0.4 is 20.1 Å². The summed E-state index contributed by atoms with van der Waals surface area (Å²) in [4.78, 5) is 25.3. The number of carbonyl (C=O) groups is 2. The van der Waals surface area contributed by atoms with Crippen molar-refractivity contribution in [3.63, 3.8) is 0 Å². The smallest absolute Gasteiger partial charge is 0.255 e. The van der Waals surface area contributed by atoms with Crippen molar-refractivity contribution in [1.82, 2.24) is 5.32 Å². The van der Waals surface area contributed by atoms with E-state index in [0.29, 0.717) is 46.5 Å². The van der Waals surface area contributed by atoms with Crippen LogP contribution in [-0.2, 0) is 0 Å². The van der Waals surface area contributed by atoms with Crippen molar-refractivity contribution < 1.29 is 19.1 Å². The summed E-state index contributed by atoms with van der Waals surface area (Å²) in [5, 5.41) is 6.04. The number of halogens is 1. The molecule has 2 amide bonds. The van der Waals surface area contributed by atoms with Crippen LogP contribution in [-0.4, -0.2) is 31.1 Å². The first-order valence-electron chi connectivity index (χ1n) is 9.83. The van der Waals surface area contributed by atoms with Crippen LogP contribution >= 0.6 is 11.6 Å². The first-order valence-corrected chi connectivity index (χ1v) is 10.2. The van der Waals surface area contributed by atoms with Crippen molar-refractivity contribution in [1.29, 1.82) is 0 Å². The maximum absolute atomic E-state index is 12.9. The quantitative estimate of drug-likeness (QED) is 0.622. The molecule has 3 rings (SSSR count). The molecule has 1 aliphatic carbocycles. The average molecular weight is 417 g/mol. The number of carbonyl (C=O) groups excluding carboxylic acids is 2.